The van der Waals surface area contributed by atoms with Gasteiger partial charge in [-0.2, -0.15) is 0 Å². The lowest BCUT2D eigenvalue weighted by Gasteiger charge is -2.25. The lowest BCUT2D eigenvalue weighted by molar-refractivity contribution is -0.139. The van der Waals surface area contributed by atoms with E-state index in [1.54, 1.807) is 11.9 Å². The number of hydrogen-bond acceptors (Lipinski definition) is 2. The normalized spacial score (nSPS) is 30.2. The van der Waals surface area contributed by atoms with Crippen LogP contribution in [0.5, 0.6) is 0 Å². The van der Waals surface area contributed by atoms with Gasteiger partial charge in [-0.15, -0.1) is 0 Å². The third-order valence-corrected chi connectivity index (χ3v) is 2.92. The van der Waals surface area contributed by atoms with Gasteiger partial charge in [-0.25, -0.2) is 0 Å². The summed E-state index contributed by atoms with van der Waals surface area (Å²) in [5, 5.41) is 9.13. The minimum absolute atomic E-state index is 0.154. The molecule has 0 radical (unpaired) electrons. The van der Waals surface area contributed by atoms with E-state index in [9.17, 15) is 4.79 Å². The highest BCUT2D eigenvalue weighted by Crippen LogP contribution is 2.28. The van der Waals surface area contributed by atoms with Gasteiger partial charge < -0.3 is 10.0 Å². The first-order chi connectivity index (χ1) is 6.02. The molecule has 3 heteroatoms. The molecule has 0 bridgehead atoms. The summed E-state index contributed by atoms with van der Waals surface area (Å²) in [6, 6.07) is 0.345. The fourth-order valence-corrected chi connectivity index (χ4v) is 2.00. The quantitative estimate of drug-likeness (QED) is 0.697. The van der Waals surface area contributed by atoms with Crippen LogP contribution < -0.4 is 0 Å². The number of likely N-dealkylation sites (N-methyl/N-ethyl adjacent to an activating group) is 1. The van der Waals surface area contributed by atoms with Crippen LogP contribution in [0.25, 0.3) is 0 Å². The van der Waals surface area contributed by atoms with Crippen molar-refractivity contribution in [2.75, 3.05) is 7.05 Å². The summed E-state index contributed by atoms with van der Waals surface area (Å²) < 4.78 is 0. The van der Waals surface area contributed by atoms with Gasteiger partial charge in [0.25, 0.3) is 5.91 Å². The number of nitrogens with zero attached hydrogens (tertiary/aromatic N) is 1. The van der Waals surface area contributed by atoms with Crippen molar-refractivity contribution in [3.05, 3.63) is 0 Å². The second-order valence-corrected chi connectivity index (χ2v) is 4.20. The smallest absolute Gasteiger partial charge is 0.251 e. The maximum absolute atomic E-state index is 11.4. The van der Waals surface area contributed by atoms with E-state index >= 15 is 0 Å². The molecule has 13 heavy (non-hydrogen) atoms. The molecular formula is C10H19NO2. The summed E-state index contributed by atoms with van der Waals surface area (Å²) in [6.45, 7) is 3.73. The molecule has 0 heterocycles. The molecule has 0 aromatic heterocycles. The Balaban J connectivity index is 2.48. The number of aliphatic hydroxyl groups excluding tert-OH is 1. The van der Waals surface area contributed by atoms with Crippen molar-refractivity contribution in [2.24, 2.45) is 5.92 Å². The monoisotopic (exact) mass is 185 g/mol. The second-order valence-electron chi connectivity index (χ2n) is 4.20. The molecule has 0 spiro atoms. The Hall–Kier alpha value is -0.570. The van der Waals surface area contributed by atoms with Crippen LogP contribution in [0.3, 0.4) is 0 Å². The van der Waals surface area contributed by atoms with Gasteiger partial charge in [0.15, 0.2) is 0 Å². The lowest BCUT2D eigenvalue weighted by atomic mass is 10.1. The van der Waals surface area contributed by atoms with Crippen LogP contribution >= 0.6 is 0 Å². The Kier molecular flexibility index (Phi) is 3.31. The van der Waals surface area contributed by atoms with Crippen molar-refractivity contribution in [1.82, 2.24) is 4.90 Å². The molecular weight excluding hydrogens is 166 g/mol. The Morgan fingerprint density at radius 1 is 1.54 bits per heavy atom. The van der Waals surface area contributed by atoms with Crippen LogP contribution in [0.15, 0.2) is 0 Å². The summed E-state index contributed by atoms with van der Waals surface area (Å²) in [5.41, 5.74) is 0. The zero-order chi connectivity index (χ0) is 10.0. The van der Waals surface area contributed by atoms with Gasteiger partial charge >= 0.3 is 0 Å². The maximum atomic E-state index is 11.4. The lowest BCUT2D eigenvalue weighted by Crippen LogP contribution is -2.40. The fourth-order valence-electron chi connectivity index (χ4n) is 2.00. The summed E-state index contributed by atoms with van der Waals surface area (Å²) in [7, 11) is 1.79. The molecule has 0 saturated heterocycles. The third kappa shape index (κ3) is 2.44. The standard InChI is InChI=1S/C10H19NO2/c1-7-4-5-9(6-7)11(3)10(13)8(2)12/h7-9,12H,4-6H2,1-3H3/t7?,8-,9?/m0/s1. The van der Waals surface area contributed by atoms with E-state index < -0.39 is 6.10 Å². The molecule has 1 rings (SSSR count). The van der Waals surface area contributed by atoms with Gasteiger partial charge in [-0.3, -0.25) is 4.79 Å². The first kappa shape index (κ1) is 10.5. The number of amides is 1. The predicted molar refractivity (Wildman–Crippen MR) is 51.3 cm³/mol. The van der Waals surface area contributed by atoms with Crippen molar-refractivity contribution >= 4 is 5.91 Å². The average molecular weight is 185 g/mol. The Bertz CT molecular complexity index is 191. The van der Waals surface area contributed by atoms with Crippen LogP contribution in [-0.2, 0) is 4.79 Å². The molecule has 76 valence electrons. The van der Waals surface area contributed by atoms with Crippen LogP contribution in [0.2, 0.25) is 0 Å². The van der Waals surface area contributed by atoms with Gasteiger partial charge in [0.2, 0.25) is 0 Å². The fraction of sp³-hybridized carbons (Fsp3) is 0.900. The Morgan fingerprint density at radius 3 is 2.54 bits per heavy atom. The van der Waals surface area contributed by atoms with Gasteiger partial charge in [0, 0.05) is 13.1 Å². The van der Waals surface area contributed by atoms with Crippen molar-refractivity contribution < 1.29 is 9.90 Å². The van der Waals surface area contributed by atoms with Crippen molar-refractivity contribution in [2.45, 2.75) is 45.3 Å². The molecule has 3 nitrogen and oxygen atoms in total. The van der Waals surface area contributed by atoms with E-state index in [2.05, 4.69) is 6.92 Å². The molecule has 1 fully saturated rings. The number of aliphatic hydroxyl groups is 1. The topological polar surface area (TPSA) is 40.5 Å². The molecule has 0 aliphatic heterocycles. The van der Waals surface area contributed by atoms with Gasteiger partial charge in [0.05, 0.1) is 0 Å². The first-order valence-corrected chi connectivity index (χ1v) is 4.97. The van der Waals surface area contributed by atoms with E-state index in [0.717, 1.165) is 12.8 Å². The van der Waals surface area contributed by atoms with E-state index in [4.69, 9.17) is 5.11 Å². The number of carbonyl (C=O) groups excluding carboxylic acids is 1. The van der Waals surface area contributed by atoms with Gasteiger partial charge in [-0.1, -0.05) is 6.92 Å². The molecule has 1 N–H and O–H groups in total. The van der Waals surface area contributed by atoms with Crippen LogP contribution in [0.1, 0.15) is 33.1 Å². The van der Waals surface area contributed by atoms with E-state index in [1.807, 2.05) is 0 Å². The number of rotatable bonds is 2. The first-order valence-electron chi connectivity index (χ1n) is 4.97. The van der Waals surface area contributed by atoms with Crippen molar-refractivity contribution in [1.29, 1.82) is 0 Å². The van der Waals surface area contributed by atoms with Gasteiger partial charge in [0.1, 0.15) is 6.10 Å². The van der Waals surface area contributed by atoms with Crippen LogP contribution in [0, 0.1) is 5.92 Å². The summed E-state index contributed by atoms with van der Waals surface area (Å²) in [6.07, 6.45) is 2.49. The molecule has 0 aromatic carbocycles. The van der Waals surface area contributed by atoms with E-state index in [-0.39, 0.29) is 5.91 Å². The molecule has 1 saturated carbocycles. The molecule has 1 aliphatic carbocycles. The molecule has 0 aromatic rings. The molecule has 1 aliphatic rings. The largest absolute Gasteiger partial charge is 0.384 e. The summed E-state index contributed by atoms with van der Waals surface area (Å²) in [5.74, 6) is 0.563. The van der Waals surface area contributed by atoms with E-state index in [1.165, 1.54) is 13.3 Å². The Morgan fingerprint density at radius 2 is 2.15 bits per heavy atom. The highest BCUT2D eigenvalue weighted by atomic mass is 16.3. The highest BCUT2D eigenvalue weighted by Gasteiger charge is 2.28. The predicted octanol–water partition coefficient (Wildman–Crippen LogP) is 1.01. The molecule has 2 unspecified atom stereocenters. The molecule has 1 amide bonds. The summed E-state index contributed by atoms with van der Waals surface area (Å²) in [4.78, 5) is 13.1. The van der Waals surface area contributed by atoms with Crippen molar-refractivity contribution in [3.8, 4) is 0 Å². The number of hydrogen-bond donors (Lipinski definition) is 1. The third-order valence-electron chi connectivity index (χ3n) is 2.92. The zero-order valence-electron chi connectivity index (χ0n) is 8.66. The van der Waals surface area contributed by atoms with Crippen LogP contribution in [0.4, 0.5) is 0 Å². The van der Waals surface area contributed by atoms with Crippen molar-refractivity contribution in [3.63, 3.8) is 0 Å². The van der Waals surface area contributed by atoms with Crippen LogP contribution in [-0.4, -0.2) is 35.1 Å². The number of carbonyl (C=O) groups is 1. The second kappa shape index (κ2) is 4.09. The van der Waals surface area contributed by atoms with E-state index in [0.29, 0.717) is 12.0 Å². The highest BCUT2D eigenvalue weighted by molar-refractivity contribution is 5.80. The molecule has 3 atom stereocenters. The summed E-state index contributed by atoms with van der Waals surface area (Å²) >= 11 is 0. The minimum Gasteiger partial charge on any atom is -0.384 e. The average Bonchev–Trinajstić information content (AvgIpc) is 2.49. The maximum Gasteiger partial charge on any atom is 0.251 e. The Labute approximate surface area is 79.7 Å². The van der Waals surface area contributed by atoms with Gasteiger partial charge in [-0.05, 0) is 32.1 Å². The SMILES string of the molecule is CC1CCC(N(C)C(=O)[C@H](C)O)C1. The zero-order valence-corrected chi connectivity index (χ0v) is 8.66. The minimum atomic E-state index is -0.860.